The number of pyridine rings is 1. The Morgan fingerprint density at radius 1 is 1.09 bits per heavy atom. The number of nitrogens with two attached hydrogens (primary N) is 1. The molecular weight excluding hydrogens is 290 g/mol. The second-order valence-corrected chi connectivity index (χ2v) is 4.90. The van der Waals surface area contributed by atoms with Crippen LogP contribution in [-0.4, -0.2) is 20.9 Å². The maximum Gasteiger partial charge on any atom is 0.256 e. The van der Waals surface area contributed by atoms with Gasteiger partial charge in [-0.2, -0.15) is 0 Å². The Bertz CT molecular complexity index is 806. The Morgan fingerprint density at radius 2 is 1.91 bits per heavy atom. The number of nitrogen functional groups attached to an aromatic ring is 1. The van der Waals surface area contributed by atoms with Crippen molar-refractivity contribution < 1.29 is 4.79 Å². The molecule has 1 amide bonds. The average molecular weight is 305 g/mol. The Morgan fingerprint density at radius 3 is 2.61 bits per heavy atom. The molecule has 0 unspecified atom stereocenters. The number of hydrogen-bond acceptors (Lipinski definition) is 5. The third kappa shape index (κ3) is 3.49. The van der Waals surface area contributed by atoms with Gasteiger partial charge in [0.05, 0.1) is 5.56 Å². The Labute approximate surface area is 133 Å². The number of nitrogens with one attached hydrogen (secondary N) is 1. The number of rotatable bonds is 4. The molecule has 0 saturated carbocycles. The van der Waals surface area contributed by atoms with Crippen molar-refractivity contribution in [2.24, 2.45) is 0 Å². The maximum atomic E-state index is 12.2. The van der Waals surface area contributed by atoms with Crippen molar-refractivity contribution in [1.29, 1.82) is 0 Å². The first kappa shape index (κ1) is 14.6. The van der Waals surface area contributed by atoms with Crippen molar-refractivity contribution in [3.8, 4) is 11.4 Å². The van der Waals surface area contributed by atoms with E-state index in [2.05, 4.69) is 20.3 Å². The molecule has 3 N–H and O–H groups in total. The molecule has 0 aliphatic carbocycles. The van der Waals surface area contributed by atoms with Gasteiger partial charge in [0.25, 0.3) is 5.91 Å². The van der Waals surface area contributed by atoms with Gasteiger partial charge in [-0.15, -0.1) is 0 Å². The van der Waals surface area contributed by atoms with E-state index in [9.17, 15) is 4.79 Å². The Balaban J connectivity index is 1.74. The molecule has 114 valence electrons. The monoisotopic (exact) mass is 305 g/mol. The van der Waals surface area contributed by atoms with Gasteiger partial charge in [-0.1, -0.05) is 36.4 Å². The fourth-order valence-electron chi connectivity index (χ4n) is 2.08. The highest BCUT2D eigenvalue weighted by Crippen LogP contribution is 2.17. The summed E-state index contributed by atoms with van der Waals surface area (Å²) in [6.07, 6.45) is 4.82. The van der Waals surface area contributed by atoms with Gasteiger partial charge in [-0.05, 0) is 11.6 Å². The number of aromatic nitrogens is 3. The van der Waals surface area contributed by atoms with Crippen LogP contribution in [-0.2, 0) is 6.54 Å². The number of anilines is 1. The van der Waals surface area contributed by atoms with E-state index in [-0.39, 0.29) is 17.3 Å². The number of carbonyl (C=O) groups is 1. The van der Waals surface area contributed by atoms with Gasteiger partial charge >= 0.3 is 0 Å². The van der Waals surface area contributed by atoms with Crippen molar-refractivity contribution in [1.82, 2.24) is 20.3 Å². The summed E-state index contributed by atoms with van der Waals surface area (Å²) < 4.78 is 0. The van der Waals surface area contributed by atoms with Gasteiger partial charge < -0.3 is 11.1 Å². The van der Waals surface area contributed by atoms with Crippen LogP contribution in [0.2, 0.25) is 0 Å². The van der Waals surface area contributed by atoms with E-state index in [1.807, 2.05) is 42.5 Å². The summed E-state index contributed by atoms with van der Waals surface area (Å²) in [6, 6.07) is 13.2. The minimum Gasteiger partial charge on any atom is -0.383 e. The third-order valence-electron chi connectivity index (χ3n) is 3.27. The average Bonchev–Trinajstić information content (AvgIpc) is 2.61. The number of amides is 1. The minimum atomic E-state index is -0.314. The highest BCUT2D eigenvalue weighted by Gasteiger charge is 2.13. The van der Waals surface area contributed by atoms with Gasteiger partial charge in [0.1, 0.15) is 5.82 Å². The predicted molar refractivity (Wildman–Crippen MR) is 87.3 cm³/mol. The maximum absolute atomic E-state index is 12.2. The molecule has 0 aliphatic rings. The summed E-state index contributed by atoms with van der Waals surface area (Å²) in [4.78, 5) is 24.6. The number of benzene rings is 1. The van der Waals surface area contributed by atoms with E-state index in [1.165, 1.54) is 6.20 Å². The summed E-state index contributed by atoms with van der Waals surface area (Å²) in [6.45, 7) is 0.368. The lowest BCUT2D eigenvalue weighted by Crippen LogP contribution is -2.24. The van der Waals surface area contributed by atoms with Crippen molar-refractivity contribution in [2.45, 2.75) is 6.54 Å². The summed E-state index contributed by atoms with van der Waals surface area (Å²) in [5.74, 6) is 0.334. The van der Waals surface area contributed by atoms with Gasteiger partial charge in [0, 0.05) is 30.7 Å². The van der Waals surface area contributed by atoms with Crippen LogP contribution in [0.25, 0.3) is 11.4 Å². The van der Waals surface area contributed by atoms with E-state index < -0.39 is 0 Å². The van der Waals surface area contributed by atoms with Crippen LogP contribution < -0.4 is 11.1 Å². The van der Waals surface area contributed by atoms with Crippen molar-refractivity contribution in [3.63, 3.8) is 0 Å². The molecule has 0 bridgehead atoms. The highest BCUT2D eigenvalue weighted by atomic mass is 16.1. The van der Waals surface area contributed by atoms with Crippen LogP contribution >= 0.6 is 0 Å². The molecular formula is C17H15N5O. The van der Waals surface area contributed by atoms with Gasteiger partial charge in [0.2, 0.25) is 0 Å². The molecule has 2 aromatic heterocycles. The van der Waals surface area contributed by atoms with E-state index in [4.69, 9.17) is 5.73 Å². The Kier molecular flexibility index (Phi) is 4.24. The molecule has 0 radical (unpaired) electrons. The van der Waals surface area contributed by atoms with Crippen molar-refractivity contribution in [3.05, 3.63) is 72.2 Å². The van der Waals surface area contributed by atoms with Gasteiger partial charge in [0.15, 0.2) is 5.82 Å². The largest absolute Gasteiger partial charge is 0.383 e. The second kappa shape index (κ2) is 6.65. The number of carbonyl (C=O) groups excluding carboxylic acids is 1. The van der Waals surface area contributed by atoms with Crippen LogP contribution in [0.1, 0.15) is 15.9 Å². The normalized spacial score (nSPS) is 10.3. The molecule has 3 rings (SSSR count). The third-order valence-corrected chi connectivity index (χ3v) is 3.27. The van der Waals surface area contributed by atoms with Crippen LogP contribution in [0.15, 0.2) is 61.1 Å². The van der Waals surface area contributed by atoms with Crippen LogP contribution in [0.3, 0.4) is 0 Å². The van der Waals surface area contributed by atoms with Crippen molar-refractivity contribution >= 4 is 11.7 Å². The molecule has 3 aromatic rings. The standard InChI is InChI=1S/C17H15N5O/c18-15-14(17(23)21-10-12-5-4-8-19-9-12)11-20-16(22-15)13-6-2-1-3-7-13/h1-9,11H,10H2,(H,21,23)(H2,18,20,22). The van der Waals surface area contributed by atoms with E-state index in [0.717, 1.165) is 11.1 Å². The predicted octanol–water partition coefficient (Wildman–Crippen LogP) is 2.05. The lowest BCUT2D eigenvalue weighted by molar-refractivity contribution is 0.0951. The van der Waals surface area contributed by atoms with Crippen molar-refractivity contribution in [2.75, 3.05) is 5.73 Å². The zero-order chi connectivity index (χ0) is 16.1. The summed E-state index contributed by atoms with van der Waals surface area (Å²) in [7, 11) is 0. The van der Waals surface area contributed by atoms with E-state index in [0.29, 0.717) is 12.4 Å². The SMILES string of the molecule is Nc1nc(-c2ccccc2)ncc1C(=O)NCc1cccnc1. The molecule has 0 fully saturated rings. The highest BCUT2D eigenvalue weighted by molar-refractivity contribution is 5.98. The fourth-order valence-corrected chi connectivity index (χ4v) is 2.08. The van der Waals surface area contributed by atoms with Gasteiger partial charge in [-0.25, -0.2) is 9.97 Å². The second-order valence-electron chi connectivity index (χ2n) is 4.90. The van der Waals surface area contributed by atoms with Gasteiger partial charge in [-0.3, -0.25) is 9.78 Å². The molecule has 6 nitrogen and oxygen atoms in total. The zero-order valence-electron chi connectivity index (χ0n) is 12.3. The molecule has 0 aliphatic heterocycles. The number of nitrogens with zero attached hydrogens (tertiary/aromatic N) is 3. The van der Waals surface area contributed by atoms with Crippen LogP contribution in [0.5, 0.6) is 0 Å². The topological polar surface area (TPSA) is 93.8 Å². The first-order valence-corrected chi connectivity index (χ1v) is 7.09. The summed E-state index contributed by atoms with van der Waals surface area (Å²) in [5.41, 5.74) is 7.91. The molecule has 0 saturated heterocycles. The quantitative estimate of drug-likeness (QED) is 0.769. The summed E-state index contributed by atoms with van der Waals surface area (Å²) >= 11 is 0. The molecule has 1 aromatic carbocycles. The molecule has 23 heavy (non-hydrogen) atoms. The molecule has 0 spiro atoms. The zero-order valence-corrected chi connectivity index (χ0v) is 12.3. The van der Waals surface area contributed by atoms with E-state index >= 15 is 0 Å². The van der Waals surface area contributed by atoms with Crippen LogP contribution in [0.4, 0.5) is 5.82 Å². The van der Waals surface area contributed by atoms with Crippen LogP contribution in [0, 0.1) is 0 Å². The first-order chi connectivity index (χ1) is 11.2. The Hall–Kier alpha value is -3.28. The lowest BCUT2D eigenvalue weighted by Gasteiger charge is -2.08. The lowest BCUT2D eigenvalue weighted by atomic mass is 10.2. The fraction of sp³-hybridized carbons (Fsp3) is 0.0588. The van der Waals surface area contributed by atoms with E-state index in [1.54, 1.807) is 12.4 Å². The first-order valence-electron chi connectivity index (χ1n) is 7.09. The summed E-state index contributed by atoms with van der Waals surface area (Å²) in [5, 5.41) is 2.78. The molecule has 2 heterocycles. The molecule has 0 atom stereocenters. The molecule has 6 heteroatoms. The number of hydrogen-bond donors (Lipinski definition) is 2. The smallest absolute Gasteiger partial charge is 0.256 e. The minimum absolute atomic E-state index is 0.155.